The van der Waals surface area contributed by atoms with Crippen LogP contribution >= 0.6 is 11.3 Å². The minimum absolute atomic E-state index is 0.270. The van der Waals surface area contributed by atoms with Crippen LogP contribution in [-0.4, -0.2) is 10.8 Å². The van der Waals surface area contributed by atoms with Gasteiger partial charge in [0.1, 0.15) is 11.2 Å². The van der Waals surface area contributed by atoms with Gasteiger partial charge in [0.25, 0.3) is 0 Å². The molecule has 0 aromatic carbocycles. The maximum absolute atomic E-state index is 11.1. The van der Waals surface area contributed by atoms with Crippen molar-refractivity contribution in [3.63, 3.8) is 0 Å². The van der Waals surface area contributed by atoms with E-state index in [0.717, 1.165) is 5.69 Å². The zero-order valence-corrected chi connectivity index (χ0v) is 9.92. The molecule has 16 heavy (non-hydrogen) atoms. The van der Waals surface area contributed by atoms with E-state index in [4.69, 9.17) is 0 Å². The van der Waals surface area contributed by atoms with Crippen molar-refractivity contribution < 1.29 is 4.79 Å². The molecule has 0 unspecified atom stereocenters. The molecule has 0 atom stereocenters. The van der Waals surface area contributed by atoms with Crippen LogP contribution < -0.4 is 0 Å². The number of rotatable bonds is 1. The number of hydrogen-bond donors (Lipinski definition) is 0. The second kappa shape index (κ2) is 5.57. The van der Waals surface area contributed by atoms with Gasteiger partial charge < -0.3 is 0 Å². The van der Waals surface area contributed by atoms with Crippen molar-refractivity contribution in [1.29, 1.82) is 5.26 Å². The topological polar surface area (TPSA) is 53.8 Å². The van der Waals surface area contributed by atoms with Gasteiger partial charge in [0.05, 0.1) is 17.3 Å². The van der Waals surface area contributed by atoms with Gasteiger partial charge in [0, 0.05) is 18.2 Å². The number of hydrogen-bond acceptors (Lipinski definition) is 4. The lowest BCUT2D eigenvalue weighted by Crippen LogP contribution is -2.30. The first-order valence-electron chi connectivity index (χ1n) is 5.08. The summed E-state index contributed by atoms with van der Waals surface area (Å²) in [7, 11) is 0. The first-order chi connectivity index (χ1) is 7.77. The van der Waals surface area contributed by atoms with Crippen LogP contribution in [-0.2, 0) is 10.2 Å². The molecule has 1 aliphatic carbocycles. The minimum atomic E-state index is -0.492. The highest BCUT2D eigenvalue weighted by atomic mass is 32.1. The summed E-state index contributed by atoms with van der Waals surface area (Å²) >= 11 is 1.50. The van der Waals surface area contributed by atoms with Crippen LogP contribution in [0.2, 0.25) is 0 Å². The van der Waals surface area contributed by atoms with Gasteiger partial charge in [-0.25, -0.2) is 4.98 Å². The lowest BCUT2D eigenvalue weighted by atomic mass is 9.73. The molecule has 4 heteroatoms. The summed E-state index contributed by atoms with van der Waals surface area (Å²) in [4.78, 5) is 15.3. The molecule has 0 radical (unpaired) electrons. The SMILES string of the molecule is C=C.N#CC1(c2cscn2)CCC(=O)CC1. The average molecular weight is 234 g/mol. The fourth-order valence-electron chi connectivity index (χ4n) is 1.83. The first-order valence-corrected chi connectivity index (χ1v) is 6.03. The Hall–Kier alpha value is -1.47. The molecule has 0 bridgehead atoms. The van der Waals surface area contributed by atoms with Gasteiger partial charge >= 0.3 is 0 Å². The number of Topliss-reactive ketones (excluding diaryl/α,β-unsaturated/α-hetero) is 1. The van der Waals surface area contributed by atoms with Gasteiger partial charge in [-0.3, -0.25) is 4.79 Å². The number of carbonyl (C=O) groups excluding carboxylic acids is 1. The average Bonchev–Trinajstić information content (AvgIpc) is 2.87. The van der Waals surface area contributed by atoms with E-state index in [-0.39, 0.29) is 5.78 Å². The van der Waals surface area contributed by atoms with E-state index in [2.05, 4.69) is 24.2 Å². The molecule has 1 fully saturated rings. The Kier molecular flexibility index (Phi) is 4.39. The zero-order valence-electron chi connectivity index (χ0n) is 9.11. The summed E-state index contributed by atoms with van der Waals surface area (Å²) in [5.74, 6) is 0.270. The Labute approximate surface area is 99.4 Å². The van der Waals surface area contributed by atoms with Gasteiger partial charge in [-0.1, -0.05) is 0 Å². The smallest absolute Gasteiger partial charge is 0.133 e. The van der Waals surface area contributed by atoms with Gasteiger partial charge in [-0.2, -0.15) is 5.26 Å². The van der Waals surface area contributed by atoms with E-state index in [1.165, 1.54) is 11.3 Å². The quantitative estimate of drug-likeness (QED) is 0.702. The fraction of sp³-hybridized carbons (Fsp3) is 0.417. The molecule has 0 amide bonds. The van der Waals surface area contributed by atoms with Crippen molar-refractivity contribution in [2.45, 2.75) is 31.1 Å². The van der Waals surface area contributed by atoms with Crippen LogP contribution in [0, 0.1) is 11.3 Å². The van der Waals surface area contributed by atoms with Crippen LogP contribution in [0.5, 0.6) is 0 Å². The predicted molar refractivity (Wildman–Crippen MR) is 64.1 cm³/mol. The van der Waals surface area contributed by atoms with Crippen molar-refractivity contribution in [3.05, 3.63) is 29.7 Å². The van der Waals surface area contributed by atoms with Gasteiger partial charge in [0.15, 0.2) is 0 Å². The number of ketones is 1. The van der Waals surface area contributed by atoms with E-state index in [0.29, 0.717) is 25.7 Å². The summed E-state index contributed by atoms with van der Waals surface area (Å²) in [6.07, 6.45) is 2.30. The largest absolute Gasteiger partial charge is 0.300 e. The highest BCUT2D eigenvalue weighted by Crippen LogP contribution is 2.37. The Balaban J connectivity index is 0.000000606. The number of thiazole rings is 1. The molecule has 1 aromatic rings. The van der Waals surface area contributed by atoms with Crippen molar-refractivity contribution in [3.8, 4) is 6.07 Å². The summed E-state index contributed by atoms with van der Waals surface area (Å²) < 4.78 is 0. The molecular formula is C12H14N2OS. The van der Waals surface area contributed by atoms with E-state index in [1.807, 2.05) is 5.38 Å². The third-order valence-electron chi connectivity index (χ3n) is 2.80. The molecule has 0 saturated heterocycles. The summed E-state index contributed by atoms with van der Waals surface area (Å²) in [5, 5.41) is 11.1. The third-order valence-corrected chi connectivity index (χ3v) is 3.38. The predicted octanol–water partition coefficient (Wildman–Crippen LogP) is 2.85. The second-order valence-corrected chi connectivity index (χ2v) is 4.32. The summed E-state index contributed by atoms with van der Waals surface area (Å²) in [6.45, 7) is 6.00. The monoisotopic (exact) mass is 234 g/mol. The Bertz CT molecular complexity index is 382. The minimum Gasteiger partial charge on any atom is -0.300 e. The van der Waals surface area contributed by atoms with Crippen molar-refractivity contribution >= 4 is 17.1 Å². The van der Waals surface area contributed by atoms with Crippen LogP contribution in [0.4, 0.5) is 0 Å². The van der Waals surface area contributed by atoms with E-state index >= 15 is 0 Å². The van der Waals surface area contributed by atoms with Gasteiger partial charge in [0.2, 0.25) is 0 Å². The molecule has 3 nitrogen and oxygen atoms in total. The van der Waals surface area contributed by atoms with Crippen molar-refractivity contribution in [2.75, 3.05) is 0 Å². The van der Waals surface area contributed by atoms with Crippen molar-refractivity contribution in [2.24, 2.45) is 0 Å². The lowest BCUT2D eigenvalue weighted by molar-refractivity contribution is -0.121. The van der Waals surface area contributed by atoms with Crippen LogP contribution in [0.1, 0.15) is 31.4 Å². The lowest BCUT2D eigenvalue weighted by Gasteiger charge is -2.27. The molecule has 1 heterocycles. The maximum Gasteiger partial charge on any atom is 0.133 e. The standard InChI is InChI=1S/C10H10N2OS.C2H4/c11-6-10(9-5-14-7-12-9)3-1-8(13)2-4-10;1-2/h5,7H,1-4H2;1-2H2. The van der Waals surface area contributed by atoms with E-state index in [1.54, 1.807) is 5.51 Å². The molecule has 0 spiro atoms. The molecule has 84 valence electrons. The summed E-state index contributed by atoms with van der Waals surface area (Å²) in [5.41, 5.74) is 2.09. The van der Waals surface area contributed by atoms with Crippen molar-refractivity contribution in [1.82, 2.24) is 4.98 Å². The Morgan fingerprint density at radius 3 is 2.50 bits per heavy atom. The highest BCUT2D eigenvalue weighted by Gasteiger charge is 2.38. The number of aromatic nitrogens is 1. The summed E-state index contributed by atoms with van der Waals surface area (Å²) in [6, 6.07) is 2.33. The number of carbonyl (C=O) groups is 1. The second-order valence-electron chi connectivity index (χ2n) is 3.61. The Morgan fingerprint density at radius 1 is 1.44 bits per heavy atom. The van der Waals surface area contributed by atoms with Crippen LogP contribution in [0.15, 0.2) is 24.0 Å². The van der Waals surface area contributed by atoms with Crippen LogP contribution in [0.25, 0.3) is 0 Å². The molecule has 1 aliphatic rings. The normalized spacial score (nSPS) is 18.1. The zero-order chi connectivity index (χ0) is 12.0. The molecular weight excluding hydrogens is 220 g/mol. The molecule has 0 N–H and O–H groups in total. The molecule has 2 rings (SSSR count). The number of nitriles is 1. The van der Waals surface area contributed by atoms with E-state index < -0.39 is 5.41 Å². The number of nitrogens with zero attached hydrogens (tertiary/aromatic N) is 2. The third kappa shape index (κ3) is 2.37. The molecule has 0 aliphatic heterocycles. The Morgan fingerprint density at radius 2 is 2.06 bits per heavy atom. The fourth-order valence-corrected chi connectivity index (χ4v) is 2.48. The molecule has 1 aromatic heterocycles. The maximum atomic E-state index is 11.1. The highest BCUT2D eigenvalue weighted by molar-refractivity contribution is 7.07. The van der Waals surface area contributed by atoms with E-state index in [9.17, 15) is 10.1 Å². The molecule has 1 saturated carbocycles. The first kappa shape index (κ1) is 12.6. The van der Waals surface area contributed by atoms with Crippen LogP contribution in [0.3, 0.4) is 0 Å². The van der Waals surface area contributed by atoms with Gasteiger partial charge in [-0.05, 0) is 12.8 Å². The van der Waals surface area contributed by atoms with Gasteiger partial charge in [-0.15, -0.1) is 24.5 Å².